The molecule has 0 aromatic carbocycles. The number of piperidine rings is 1. The fourth-order valence-electron chi connectivity index (χ4n) is 1.18. The quantitative estimate of drug-likeness (QED) is 0.536. The van der Waals surface area contributed by atoms with Crippen LogP contribution in [-0.2, 0) is 4.79 Å². The average Bonchev–Trinajstić information content (AvgIpc) is 1.54. The highest BCUT2D eigenvalue weighted by molar-refractivity contribution is 7.80. The van der Waals surface area contributed by atoms with Crippen molar-refractivity contribution in [2.75, 3.05) is 0 Å². The van der Waals surface area contributed by atoms with Crippen LogP contribution in [0.2, 0.25) is 0 Å². The van der Waals surface area contributed by atoms with Gasteiger partial charge in [0.1, 0.15) is 0 Å². The fourth-order valence-corrected chi connectivity index (χ4v) is 1.68. The molecular weight excluding hydrogens is 146 g/mol. The second-order valence-electron chi connectivity index (χ2n) is 3.49. The Balaban J connectivity index is 2.68. The van der Waals surface area contributed by atoms with Gasteiger partial charge in [0.05, 0.1) is 4.99 Å². The SMILES string of the molecule is CC1(C)CC(=O)NC(=S)C1. The zero-order valence-electron chi connectivity index (χ0n) is 6.23. The minimum absolute atomic E-state index is 0.0567. The van der Waals surface area contributed by atoms with Crippen molar-refractivity contribution in [1.82, 2.24) is 5.32 Å². The number of hydrogen-bond donors (Lipinski definition) is 1. The van der Waals surface area contributed by atoms with Crippen molar-refractivity contribution >= 4 is 23.1 Å². The van der Waals surface area contributed by atoms with Crippen molar-refractivity contribution < 1.29 is 4.79 Å². The summed E-state index contributed by atoms with van der Waals surface area (Å²) in [5, 5.41) is 2.63. The number of thiocarbonyl (C=S) groups is 1. The fraction of sp³-hybridized carbons (Fsp3) is 0.714. The van der Waals surface area contributed by atoms with E-state index in [0.717, 1.165) is 6.42 Å². The Labute approximate surface area is 66.0 Å². The zero-order valence-corrected chi connectivity index (χ0v) is 7.05. The predicted molar refractivity (Wildman–Crippen MR) is 43.8 cm³/mol. The van der Waals surface area contributed by atoms with Gasteiger partial charge >= 0.3 is 0 Å². The molecule has 3 heteroatoms. The van der Waals surface area contributed by atoms with Crippen LogP contribution in [0.15, 0.2) is 0 Å². The monoisotopic (exact) mass is 157 g/mol. The van der Waals surface area contributed by atoms with Crippen LogP contribution in [0.3, 0.4) is 0 Å². The maximum Gasteiger partial charge on any atom is 0.225 e. The molecule has 1 heterocycles. The number of hydrogen-bond acceptors (Lipinski definition) is 2. The van der Waals surface area contributed by atoms with E-state index < -0.39 is 0 Å². The maximum atomic E-state index is 10.9. The molecular formula is C7H11NOS. The molecule has 0 saturated carbocycles. The van der Waals surface area contributed by atoms with E-state index in [-0.39, 0.29) is 11.3 Å². The summed E-state index contributed by atoms with van der Waals surface area (Å²) in [7, 11) is 0. The van der Waals surface area contributed by atoms with E-state index in [1.54, 1.807) is 0 Å². The minimum atomic E-state index is 0.0567. The molecule has 0 spiro atoms. The normalized spacial score (nSPS) is 24.2. The van der Waals surface area contributed by atoms with Gasteiger partial charge in [-0.2, -0.15) is 0 Å². The largest absolute Gasteiger partial charge is 0.320 e. The summed E-state index contributed by atoms with van der Waals surface area (Å²) in [6.07, 6.45) is 1.42. The molecule has 2 nitrogen and oxygen atoms in total. The summed E-state index contributed by atoms with van der Waals surface area (Å²) in [6, 6.07) is 0. The second-order valence-corrected chi connectivity index (χ2v) is 3.98. The molecule has 1 fully saturated rings. The molecule has 0 aliphatic carbocycles. The van der Waals surface area contributed by atoms with E-state index in [9.17, 15) is 4.79 Å². The van der Waals surface area contributed by atoms with Gasteiger partial charge in [-0.05, 0) is 5.41 Å². The molecule has 10 heavy (non-hydrogen) atoms. The van der Waals surface area contributed by atoms with Crippen LogP contribution in [-0.4, -0.2) is 10.9 Å². The van der Waals surface area contributed by atoms with Gasteiger partial charge in [-0.1, -0.05) is 26.1 Å². The molecule has 1 rings (SSSR count). The molecule has 0 atom stereocenters. The van der Waals surface area contributed by atoms with Crippen molar-refractivity contribution in [3.05, 3.63) is 0 Å². The van der Waals surface area contributed by atoms with Crippen LogP contribution in [0.25, 0.3) is 0 Å². The lowest BCUT2D eigenvalue weighted by atomic mass is 9.83. The van der Waals surface area contributed by atoms with Crippen molar-refractivity contribution in [1.29, 1.82) is 0 Å². The van der Waals surface area contributed by atoms with Gasteiger partial charge in [0.2, 0.25) is 5.91 Å². The molecule has 1 aliphatic heterocycles. The number of rotatable bonds is 0. The van der Waals surface area contributed by atoms with Crippen molar-refractivity contribution in [3.63, 3.8) is 0 Å². The van der Waals surface area contributed by atoms with E-state index >= 15 is 0 Å². The number of carbonyl (C=O) groups is 1. The van der Waals surface area contributed by atoms with Gasteiger partial charge in [0.25, 0.3) is 0 Å². The van der Waals surface area contributed by atoms with Crippen LogP contribution in [0.5, 0.6) is 0 Å². The topological polar surface area (TPSA) is 29.1 Å². The number of carbonyl (C=O) groups excluding carboxylic acids is 1. The molecule has 1 N–H and O–H groups in total. The first-order valence-corrected chi connectivity index (χ1v) is 3.73. The third-order valence-electron chi connectivity index (χ3n) is 1.56. The predicted octanol–water partition coefficient (Wildman–Crippen LogP) is 1.25. The molecule has 1 amide bonds. The first kappa shape index (κ1) is 7.66. The van der Waals surface area contributed by atoms with Gasteiger partial charge < -0.3 is 5.32 Å². The Bertz CT molecular complexity index is 168. The summed E-state index contributed by atoms with van der Waals surface area (Å²) < 4.78 is 0. The van der Waals surface area contributed by atoms with E-state index in [0.29, 0.717) is 11.4 Å². The lowest BCUT2D eigenvalue weighted by Crippen LogP contribution is -2.41. The molecule has 0 aromatic heterocycles. The Kier molecular flexibility index (Phi) is 1.77. The van der Waals surface area contributed by atoms with Gasteiger partial charge in [0, 0.05) is 12.8 Å². The highest BCUT2D eigenvalue weighted by Gasteiger charge is 2.28. The van der Waals surface area contributed by atoms with Crippen molar-refractivity contribution in [2.45, 2.75) is 26.7 Å². The Morgan fingerprint density at radius 2 is 2.10 bits per heavy atom. The van der Waals surface area contributed by atoms with E-state index in [1.165, 1.54) is 0 Å². The highest BCUT2D eigenvalue weighted by atomic mass is 32.1. The third kappa shape index (κ3) is 1.77. The zero-order chi connectivity index (χ0) is 7.78. The summed E-state index contributed by atoms with van der Waals surface area (Å²) >= 11 is 4.90. The smallest absolute Gasteiger partial charge is 0.225 e. The van der Waals surface area contributed by atoms with Gasteiger partial charge in [-0.3, -0.25) is 4.79 Å². The van der Waals surface area contributed by atoms with E-state index in [4.69, 9.17) is 12.2 Å². The molecule has 0 aromatic rings. The molecule has 56 valence electrons. The number of nitrogens with one attached hydrogen (secondary N) is 1. The minimum Gasteiger partial charge on any atom is -0.320 e. The third-order valence-corrected chi connectivity index (χ3v) is 1.80. The van der Waals surface area contributed by atoms with Crippen LogP contribution in [0.1, 0.15) is 26.7 Å². The Morgan fingerprint density at radius 1 is 1.50 bits per heavy atom. The Hall–Kier alpha value is -0.440. The van der Waals surface area contributed by atoms with Crippen molar-refractivity contribution in [2.24, 2.45) is 5.41 Å². The van der Waals surface area contributed by atoms with Crippen LogP contribution in [0.4, 0.5) is 0 Å². The van der Waals surface area contributed by atoms with E-state index in [1.807, 2.05) is 0 Å². The molecule has 0 radical (unpaired) electrons. The van der Waals surface area contributed by atoms with E-state index in [2.05, 4.69) is 19.2 Å². The highest BCUT2D eigenvalue weighted by Crippen LogP contribution is 2.27. The summed E-state index contributed by atoms with van der Waals surface area (Å²) in [4.78, 5) is 11.6. The number of amides is 1. The summed E-state index contributed by atoms with van der Waals surface area (Å²) in [5.74, 6) is 0.0567. The van der Waals surface area contributed by atoms with Crippen LogP contribution >= 0.6 is 12.2 Å². The average molecular weight is 157 g/mol. The first-order valence-electron chi connectivity index (χ1n) is 3.32. The first-order chi connectivity index (χ1) is 4.49. The molecule has 0 bridgehead atoms. The van der Waals surface area contributed by atoms with Crippen LogP contribution in [0, 0.1) is 5.41 Å². The lowest BCUT2D eigenvalue weighted by molar-refractivity contribution is -0.122. The van der Waals surface area contributed by atoms with Crippen molar-refractivity contribution in [3.8, 4) is 0 Å². The standard InChI is InChI=1S/C7H11NOS/c1-7(2)3-5(9)8-6(10)4-7/h3-4H2,1-2H3,(H,8,9,10). The van der Waals surface area contributed by atoms with Gasteiger partial charge in [-0.25, -0.2) is 0 Å². The summed E-state index contributed by atoms with van der Waals surface area (Å²) in [5.41, 5.74) is 0.0689. The molecule has 1 aliphatic rings. The second kappa shape index (κ2) is 2.31. The molecule has 0 unspecified atom stereocenters. The summed E-state index contributed by atoms with van der Waals surface area (Å²) in [6.45, 7) is 4.11. The molecule has 1 saturated heterocycles. The van der Waals surface area contributed by atoms with Crippen LogP contribution < -0.4 is 5.32 Å². The van der Waals surface area contributed by atoms with Gasteiger partial charge in [0.15, 0.2) is 0 Å². The Morgan fingerprint density at radius 3 is 2.50 bits per heavy atom. The van der Waals surface area contributed by atoms with Gasteiger partial charge in [-0.15, -0.1) is 0 Å². The maximum absolute atomic E-state index is 10.9. The lowest BCUT2D eigenvalue weighted by Gasteiger charge is -2.29.